The lowest BCUT2D eigenvalue weighted by Crippen LogP contribution is -2.24. The Balaban J connectivity index is 2.33. The number of aromatic nitrogens is 2. The maximum absolute atomic E-state index is 9.51. The van der Waals surface area contributed by atoms with Gasteiger partial charge in [0.05, 0.1) is 24.5 Å². The van der Waals surface area contributed by atoms with E-state index < -0.39 is 12.2 Å². The molecule has 90 valence electrons. The summed E-state index contributed by atoms with van der Waals surface area (Å²) in [6.45, 7) is 2.48. The van der Waals surface area contributed by atoms with Crippen LogP contribution < -0.4 is 4.90 Å². The van der Waals surface area contributed by atoms with Gasteiger partial charge in [0.1, 0.15) is 5.82 Å². The molecule has 1 aromatic rings. The van der Waals surface area contributed by atoms with Gasteiger partial charge in [0, 0.05) is 25.7 Å². The molecular weight excluding hydrogens is 210 g/mol. The first-order chi connectivity index (χ1) is 7.54. The van der Waals surface area contributed by atoms with Gasteiger partial charge in [0.15, 0.2) is 0 Å². The van der Waals surface area contributed by atoms with Crippen LogP contribution in [0.2, 0.25) is 0 Å². The van der Waals surface area contributed by atoms with Crippen molar-refractivity contribution in [3.63, 3.8) is 0 Å². The van der Waals surface area contributed by atoms with E-state index in [1.807, 2.05) is 11.8 Å². The van der Waals surface area contributed by atoms with Crippen LogP contribution in [-0.2, 0) is 13.7 Å². The first-order valence-corrected chi connectivity index (χ1v) is 5.29. The summed E-state index contributed by atoms with van der Waals surface area (Å²) in [6.07, 6.45) is -1.47. The van der Waals surface area contributed by atoms with Crippen molar-refractivity contribution in [2.45, 2.75) is 25.7 Å². The summed E-state index contributed by atoms with van der Waals surface area (Å²) in [5, 5.41) is 32.5. The molecule has 0 amide bonds. The van der Waals surface area contributed by atoms with Crippen LogP contribution in [0.5, 0.6) is 0 Å². The number of hydrogen-bond donors (Lipinski definition) is 3. The van der Waals surface area contributed by atoms with Crippen molar-refractivity contribution in [2.24, 2.45) is 7.05 Å². The average Bonchev–Trinajstić information content (AvgIpc) is 2.67. The van der Waals surface area contributed by atoms with E-state index in [2.05, 4.69) is 5.10 Å². The third-order valence-electron chi connectivity index (χ3n) is 3.03. The number of β-amino-alcohol motifs (C(OH)–C–C–N with tert-alkyl or cyclic N) is 2. The summed E-state index contributed by atoms with van der Waals surface area (Å²) in [5.74, 6) is 0.774. The molecule has 1 aliphatic rings. The van der Waals surface area contributed by atoms with Gasteiger partial charge in [-0.3, -0.25) is 4.68 Å². The fraction of sp³-hybridized carbons (Fsp3) is 0.700. The number of aryl methyl sites for hydroxylation is 2. The second-order valence-electron chi connectivity index (χ2n) is 4.21. The van der Waals surface area contributed by atoms with E-state index in [1.165, 1.54) is 0 Å². The number of nitrogens with zero attached hydrogens (tertiary/aromatic N) is 3. The number of hydrogen-bond acceptors (Lipinski definition) is 5. The first kappa shape index (κ1) is 11.4. The highest BCUT2D eigenvalue weighted by Gasteiger charge is 2.32. The number of aliphatic hydroxyl groups excluding tert-OH is 3. The molecule has 0 radical (unpaired) electrons. The Bertz CT molecular complexity index is 381. The van der Waals surface area contributed by atoms with Gasteiger partial charge in [-0.05, 0) is 6.92 Å². The maximum atomic E-state index is 9.51. The summed E-state index contributed by atoms with van der Waals surface area (Å²) in [7, 11) is 1.79. The topological polar surface area (TPSA) is 81.8 Å². The molecule has 0 bridgehead atoms. The zero-order chi connectivity index (χ0) is 11.9. The van der Waals surface area contributed by atoms with Crippen LogP contribution in [0.4, 0.5) is 5.82 Å². The third kappa shape index (κ3) is 1.68. The molecule has 1 aliphatic heterocycles. The van der Waals surface area contributed by atoms with E-state index in [0.29, 0.717) is 13.1 Å². The van der Waals surface area contributed by atoms with Crippen molar-refractivity contribution in [2.75, 3.05) is 18.0 Å². The van der Waals surface area contributed by atoms with E-state index in [4.69, 9.17) is 0 Å². The predicted octanol–water partition coefficient (Wildman–Crippen LogP) is -1.24. The van der Waals surface area contributed by atoms with Gasteiger partial charge in [-0.2, -0.15) is 5.10 Å². The molecular formula is C10H17N3O3. The van der Waals surface area contributed by atoms with E-state index in [-0.39, 0.29) is 6.61 Å². The van der Waals surface area contributed by atoms with Crippen molar-refractivity contribution in [3.05, 3.63) is 11.3 Å². The predicted molar refractivity (Wildman–Crippen MR) is 58.1 cm³/mol. The van der Waals surface area contributed by atoms with Gasteiger partial charge in [0.25, 0.3) is 0 Å². The van der Waals surface area contributed by atoms with Crippen molar-refractivity contribution in [3.8, 4) is 0 Å². The molecule has 1 aromatic heterocycles. The molecule has 0 saturated carbocycles. The highest BCUT2D eigenvalue weighted by molar-refractivity contribution is 5.51. The molecule has 2 atom stereocenters. The molecule has 0 aliphatic carbocycles. The van der Waals surface area contributed by atoms with Gasteiger partial charge in [0.2, 0.25) is 0 Å². The summed E-state index contributed by atoms with van der Waals surface area (Å²) >= 11 is 0. The van der Waals surface area contributed by atoms with Gasteiger partial charge >= 0.3 is 0 Å². The molecule has 6 nitrogen and oxygen atoms in total. The van der Waals surface area contributed by atoms with E-state index >= 15 is 0 Å². The Morgan fingerprint density at radius 3 is 2.38 bits per heavy atom. The molecule has 2 heterocycles. The lowest BCUT2D eigenvalue weighted by Gasteiger charge is -2.19. The lowest BCUT2D eigenvalue weighted by molar-refractivity contribution is 0.0572. The zero-order valence-electron chi connectivity index (χ0n) is 9.46. The minimum Gasteiger partial charge on any atom is -0.391 e. The summed E-state index contributed by atoms with van der Waals surface area (Å²) in [5.41, 5.74) is 1.53. The van der Waals surface area contributed by atoms with Gasteiger partial charge in [-0.15, -0.1) is 0 Å². The summed E-state index contributed by atoms with van der Waals surface area (Å²) in [4.78, 5) is 1.85. The fourth-order valence-corrected chi connectivity index (χ4v) is 2.21. The highest BCUT2D eigenvalue weighted by Crippen LogP contribution is 2.26. The van der Waals surface area contributed by atoms with Crippen LogP contribution in [0.25, 0.3) is 0 Å². The molecule has 2 rings (SSSR count). The number of rotatable bonds is 2. The molecule has 2 unspecified atom stereocenters. The SMILES string of the molecule is Cc1nn(C)c(N2CC(O)C(O)C2)c1CO. The van der Waals surface area contributed by atoms with Crippen LogP contribution in [-0.4, -0.2) is 50.4 Å². The molecule has 0 spiro atoms. The smallest absolute Gasteiger partial charge is 0.132 e. The van der Waals surface area contributed by atoms with Gasteiger partial charge in [-0.1, -0.05) is 0 Å². The summed E-state index contributed by atoms with van der Waals surface area (Å²) in [6, 6.07) is 0. The summed E-state index contributed by atoms with van der Waals surface area (Å²) < 4.78 is 1.67. The van der Waals surface area contributed by atoms with Crippen molar-refractivity contribution in [1.82, 2.24) is 9.78 Å². The Hall–Kier alpha value is -1.11. The van der Waals surface area contributed by atoms with Crippen LogP contribution in [0.1, 0.15) is 11.3 Å². The second kappa shape index (κ2) is 4.04. The third-order valence-corrected chi connectivity index (χ3v) is 3.03. The van der Waals surface area contributed by atoms with Gasteiger partial charge < -0.3 is 20.2 Å². The van der Waals surface area contributed by atoms with Crippen molar-refractivity contribution < 1.29 is 15.3 Å². The van der Waals surface area contributed by atoms with Crippen LogP contribution in [0.15, 0.2) is 0 Å². The Morgan fingerprint density at radius 2 is 1.88 bits per heavy atom. The first-order valence-electron chi connectivity index (χ1n) is 5.29. The van der Waals surface area contributed by atoms with Crippen LogP contribution >= 0.6 is 0 Å². The second-order valence-corrected chi connectivity index (χ2v) is 4.21. The van der Waals surface area contributed by atoms with E-state index in [9.17, 15) is 15.3 Å². The van der Waals surface area contributed by atoms with Gasteiger partial charge in [-0.25, -0.2) is 0 Å². The maximum Gasteiger partial charge on any atom is 0.132 e. The molecule has 3 N–H and O–H groups in total. The lowest BCUT2D eigenvalue weighted by atomic mass is 10.2. The minimum absolute atomic E-state index is 0.0856. The standard InChI is InChI=1S/C10H17N3O3/c1-6-7(5-14)10(12(2)11-6)13-3-8(15)9(16)4-13/h8-9,14-16H,3-5H2,1-2H3. The average molecular weight is 227 g/mol. The van der Waals surface area contributed by atoms with Crippen molar-refractivity contribution in [1.29, 1.82) is 0 Å². The monoisotopic (exact) mass is 227 g/mol. The quantitative estimate of drug-likeness (QED) is 0.589. The number of anilines is 1. The fourth-order valence-electron chi connectivity index (χ4n) is 2.21. The van der Waals surface area contributed by atoms with E-state index in [0.717, 1.165) is 17.1 Å². The van der Waals surface area contributed by atoms with Crippen molar-refractivity contribution >= 4 is 5.82 Å². The Kier molecular flexibility index (Phi) is 2.88. The Morgan fingerprint density at radius 1 is 1.31 bits per heavy atom. The molecule has 16 heavy (non-hydrogen) atoms. The molecule has 0 aromatic carbocycles. The normalized spacial score (nSPS) is 25.4. The van der Waals surface area contributed by atoms with E-state index in [1.54, 1.807) is 11.7 Å². The molecule has 1 fully saturated rings. The van der Waals surface area contributed by atoms with Crippen LogP contribution in [0, 0.1) is 6.92 Å². The number of aliphatic hydroxyl groups is 3. The zero-order valence-corrected chi connectivity index (χ0v) is 9.46. The highest BCUT2D eigenvalue weighted by atomic mass is 16.3. The minimum atomic E-state index is -0.734. The molecule has 1 saturated heterocycles. The van der Waals surface area contributed by atoms with Crippen LogP contribution in [0.3, 0.4) is 0 Å². The molecule has 6 heteroatoms. The largest absolute Gasteiger partial charge is 0.391 e. The Labute approximate surface area is 93.7 Å².